The molecule has 5 nitrogen and oxygen atoms in total. The van der Waals surface area contributed by atoms with Crippen LogP contribution in [0.1, 0.15) is 6.42 Å². The predicted molar refractivity (Wildman–Crippen MR) is 42.6 cm³/mol. The summed E-state index contributed by atoms with van der Waals surface area (Å²) in [7, 11) is -0.816. The predicted octanol–water partition coefficient (Wildman–Crippen LogP) is -1.38. The minimum absolute atomic E-state index is 0.195. The van der Waals surface area contributed by atoms with Crippen LogP contribution < -0.4 is 0 Å². The molecule has 12 heavy (non-hydrogen) atoms. The maximum Gasteiger partial charge on any atom is 0.377 e. The molecule has 0 spiro atoms. The molecule has 2 atom stereocenters. The van der Waals surface area contributed by atoms with Gasteiger partial charge in [0.05, 0.1) is 6.10 Å². The van der Waals surface area contributed by atoms with Gasteiger partial charge in [-0.25, -0.2) is 0 Å². The monoisotopic (exact) mass is 173 g/mol. The average Bonchev–Trinajstić information content (AvgIpc) is 2.31. The number of hydrogen-bond donors (Lipinski definition) is 3. The number of carboxylic acid groups (broad SMARTS) is 1. The fourth-order valence-electron chi connectivity index (χ4n) is 1.49. The molecule has 0 aromatic carbocycles. The molecule has 1 rings (SSSR count). The van der Waals surface area contributed by atoms with Crippen LogP contribution in [0.3, 0.4) is 0 Å². The second-order valence-corrected chi connectivity index (χ2v) is 3.07. The second-order valence-electron chi connectivity index (χ2n) is 3.07. The lowest BCUT2D eigenvalue weighted by Crippen LogP contribution is -2.44. The summed E-state index contributed by atoms with van der Waals surface area (Å²) in [5, 5.41) is 27.0. The van der Waals surface area contributed by atoms with E-state index in [4.69, 9.17) is 15.2 Å². The SMILES string of the molecule is CB(O)N1CC(O)CC1C(=O)O. The van der Waals surface area contributed by atoms with Crippen LogP contribution >= 0.6 is 0 Å². The number of hydrogen-bond acceptors (Lipinski definition) is 4. The molecular weight excluding hydrogens is 161 g/mol. The van der Waals surface area contributed by atoms with E-state index >= 15 is 0 Å². The van der Waals surface area contributed by atoms with Crippen molar-refractivity contribution in [1.29, 1.82) is 0 Å². The molecule has 2 unspecified atom stereocenters. The largest absolute Gasteiger partial charge is 0.480 e. The Morgan fingerprint density at radius 3 is 2.58 bits per heavy atom. The van der Waals surface area contributed by atoms with Gasteiger partial charge in [0, 0.05) is 6.54 Å². The highest BCUT2D eigenvalue weighted by Gasteiger charge is 2.39. The van der Waals surface area contributed by atoms with E-state index in [2.05, 4.69) is 0 Å². The molecule has 0 bridgehead atoms. The molecular formula is C6H12BNO4. The number of rotatable bonds is 2. The zero-order chi connectivity index (χ0) is 9.30. The van der Waals surface area contributed by atoms with E-state index in [-0.39, 0.29) is 13.0 Å². The molecule has 0 saturated carbocycles. The van der Waals surface area contributed by atoms with Crippen molar-refractivity contribution in [3.05, 3.63) is 0 Å². The Balaban J connectivity index is 2.65. The number of aliphatic carboxylic acids is 1. The second kappa shape index (κ2) is 3.43. The molecule has 0 amide bonds. The Morgan fingerprint density at radius 1 is 1.67 bits per heavy atom. The highest BCUT2D eigenvalue weighted by molar-refractivity contribution is 6.45. The lowest BCUT2D eigenvalue weighted by molar-refractivity contribution is -0.141. The Bertz CT molecular complexity index is 186. The van der Waals surface area contributed by atoms with Gasteiger partial charge in [0.1, 0.15) is 6.04 Å². The minimum atomic E-state index is -0.993. The number of carboxylic acids is 1. The van der Waals surface area contributed by atoms with Gasteiger partial charge in [0.25, 0.3) is 0 Å². The third kappa shape index (κ3) is 1.77. The maximum atomic E-state index is 10.6. The van der Waals surface area contributed by atoms with Gasteiger partial charge < -0.3 is 20.0 Å². The normalized spacial score (nSPS) is 30.6. The first-order valence-corrected chi connectivity index (χ1v) is 3.87. The van der Waals surface area contributed by atoms with Crippen molar-refractivity contribution >= 4 is 13.0 Å². The summed E-state index contributed by atoms with van der Waals surface area (Å²) in [6.07, 6.45) is -0.444. The van der Waals surface area contributed by atoms with Crippen LogP contribution in [0.4, 0.5) is 0 Å². The van der Waals surface area contributed by atoms with Crippen LogP contribution in [0.5, 0.6) is 0 Å². The van der Waals surface area contributed by atoms with Gasteiger partial charge in [-0.1, -0.05) is 0 Å². The van der Waals surface area contributed by atoms with Gasteiger partial charge in [-0.05, 0) is 13.2 Å². The first-order valence-electron chi connectivity index (χ1n) is 3.87. The molecule has 1 heterocycles. The fourth-order valence-corrected chi connectivity index (χ4v) is 1.49. The third-order valence-electron chi connectivity index (χ3n) is 2.08. The van der Waals surface area contributed by atoms with E-state index in [9.17, 15) is 4.79 Å². The van der Waals surface area contributed by atoms with Crippen molar-refractivity contribution in [2.75, 3.05) is 6.54 Å². The standard InChI is InChI=1S/C6H12BNO4/c1-7(12)8-3-4(9)2-5(8)6(10)11/h4-5,9,12H,2-3H2,1H3,(H,10,11). The maximum absolute atomic E-state index is 10.6. The summed E-state index contributed by atoms with van der Waals surface area (Å²) in [6, 6.07) is -0.750. The van der Waals surface area contributed by atoms with E-state index in [1.165, 1.54) is 11.6 Å². The van der Waals surface area contributed by atoms with E-state index in [1.54, 1.807) is 0 Å². The highest BCUT2D eigenvalue weighted by Crippen LogP contribution is 2.18. The fraction of sp³-hybridized carbons (Fsp3) is 0.833. The van der Waals surface area contributed by atoms with Crippen LogP contribution in [0.2, 0.25) is 6.82 Å². The van der Waals surface area contributed by atoms with E-state index < -0.39 is 25.2 Å². The number of aliphatic hydroxyl groups excluding tert-OH is 1. The van der Waals surface area contributed by atoms with Crippen molar-refractivity contribution in [2.24, 2.45) is 0 Å². The van der Waals surface area contributed by atoms with Gasteiger partial charge >= 0.3 is 13.0 Å². The molecule has 1 fully saturated rings. The summed E-state index contributed by atoms with van der Waals surface area (Å²) in [5.74, 6) is -0.993. The molecule has 1 aliphatic rings. The average molecular weight is 173 g/mol. The van der Waals surface area contributed by atoms with E-state index in [0.29, 0.717) is 0 Å². The van der Waals surface area contributed by atoms with Crippen LogP contribution in [0.15, 0.2) is 0 Å². The summed E-state index contributed by atoms with van der Waals surface area (Å²) < 4.78 is 0. The summed E-state index contributed by atoms with van der Waals surface area (Å²) in [5.41, 5.74) is 0. The van der Waals surface area contributed by atoms with Crippen molar-refractivity contribution in [3.8, 4) is 0 Å². The molecule has 1 aliphatic heterocycles. The van der Waals surface area contributed by atoms with Gasteiger partial charge in [0.15, 0.2) is 0 Å². The van der Waals surface area contributed by atoms with Crippen LogP contribution in [-0.2, 0) is 4.79 Å². The Morgan fingerprint density at radius 2 is 2.25 bits per heavy atom. The molecule has 68 valence electrons. The van der Waals surface area contributed by atoms with E-state index in [1.807, 2.05) is 0 Å². The van der Waals surface area contributed by atoms with E-state index in [0.717, 1.165) is 0 Å². The molecule has 0 aromatic rings. The molecule has 3 N–H and O–H groups in total. The quantitative estimate of drug-likeness (QED) is 0.448. The van der Waals surface area contributed by atoms with Gasteiger partial charge in [-0.15, -0.1) is 0 Å². The summed E-state index contributed by atoms with van der Waals surface area (Å²) in [4.78, 5) is 12.0. The van der Waals surface area contributed by atoms with Crippen molar-refractivity contribution < 1.29 is 20.0 Å². The minimum Gasteiger partial charge on any atom is -0.480 e. The zero-order valence-corrected chi connectivity index (χ0v) is 6.84. The third-order valence-corrected chi connectivity index (χ3v) is 2.08. The number of β-amino-alcohol motifs (C(OH)–C–C–N with tert-alkyl or cyclic N) is 1. The smallest absolute Gasteiger partial charge is 0.377 e. The van der Waals surface area contributed by atoms with Crippen molar-refractivity contribution in [1.82, 2.24) is 4.81 Å². The first-order chi connectivity index (χ1) is 5.52. The summed E-state index contributed by atoms with van der Waals surface area (Å²) >= 11 is 0. The highest BCUT2D eigenvalue weighted by atomic mass is 16.4. The van der Waals surface area contributed by atoms with Crippen molar-refractivity contribution in [2.45, 2.75) is 25.4 Å². The molecule has 0 aliphatic carbocycles. The number of aliphatic hydroxyl groups is 1. The number of nitrogens with zero attached hydrogens (tertiary/aromatic N) is 1. The van der Waals surface area contributed by atoms with Crippen LogP contribution in [0, 0.1) is 0 Å². The Kier molecular flexibility index (Phi) is 2.71. The Labute approximate surface area is 70.7 Å². The zero-order valence-electron chi connectivity index (χ0n) is 6.84. The number of carbonyl (C=O) groups is 1. The lowest BCUT2D eigenvalue weighted by atomic mass is 9.84. The van der Waals surface area contributed by atoms with Gasteiger partial charge in [-0.2, -0.15) is 0 Å². The Hall–Kier alpha value is -0.585. The summed E-state index contributed by atoms with van der Waals surface area (Å²) in [6.45, 7) is 1.72. The molecule has 6 heteroatoms. The lowest BCUT2D eigenvalue weighted by Gasteiger charge is -2.20. The first kappa shape index (κ1) is 9.50. The van der Waals surface area contributed by atoms with Crippen LogP contribution in [0.25, 0.3) is 0 Å². The van der Waals surface area contributed by atoms with Crippen molar-refractivity contribution in [3.63, 3.8) is 0 Å². The van der Waals surface area contributed by atoms with Crippen LogP contribution in [-0.4, -0.2) is 51.8 Å². The van der Waals surface area contributed by atoms with Gasteiger partial charge in [0.2, 0.25) is 0 Å². The molecule has 1 saturated heterocycles. The topological polar surface area (TPSA) is 81.0 Å². The molecule has 0 aromatic heterocycles. The van der Waals surface area contributed by atoms with Gasteiger partial charge in [-0.3, -0.25) is 4.79 Å². The molecule has 0 radical (unpaired) electrons.